The monoisotopic (exact) mass is 844 g/mol. The Morgan fingerprint density at radius 1 is 0.517 bits per heavy atom. The first-order valence-electron chi connectivity index (χ1n) is 21.4. The number of nitrogens with zero attached hydrogens (tertiary/aromatic N) is 5. The van der Waals surface area contributed by atoms with E-state index in [1.165, 1.54) is 0 Å². The van der Waals surface area contributed by atoms with Crippen molar-refractivity contribution >= 4 is 22.7 Å². The number of nitrogens with one attached hydrogen (secondary N) is 4. The fourth-order valence-corrected chi connectivity index (χ4v) is 5.90. The number of aromatic nitrogens is 3. The largest absolute Gasteiger partial charge is 0.375 e. The summed E-state index contributed by atoms with van der Waals surface area (Å²) < 4.78 is 1.91. The lowest BCUT2D eigenvalue weighted by Gasteiger charge is -2.40. The third kappa shape index (κ3) is 20.8. The van der Waals surface area contributed by atoms with Gasteiger partial charge in [0.15, 0.2) is 0 Å². The van der Waals surface area contributed by atoms with Crippen LogP contribution in [-0.2, 0) is 11.0 Å². The predicted molar refractivity (Wildman–Crippen MR) is 259 cm³/mol. The van der Waals surface area contributed by atoms with Crippen LogP contribution in [0.2, 0.25) is 0 Å². The van der Waals surface area contributed by atoms with Crippen LogP contribution < -0.4 is 47.9 Å². The maximum Gasteiger partial charge on any atom is 0.253 e. The van der Waals surface area contributed by atoms with Gasteiger partial charge in [-0.05, 0) is 172 Å². The maximum atomic E-state index is 12.1. The van der Waals surface area contributed by atoms with Crippen molar-refractivity contribution in [2.45, 2.75) is 217 Å². The smallest absolute Gasteiger partial charge is 0.253 e. The van der Waals surface area contributed by atoms with Gasteiger partial charge in [0.2, 0.25) is 0 Å². The lowest BCUT2D eigenvalue weighted by atomic mass is 9.93. The van der Waals surface area contributed by atoms with E-state index < -0.39 is 16.3 Å². The van der Waals surface area contributed by atoms with Gasteiger partial charge in [-0.3, -0.25) is 19.2 Å². The summed E-state index contributed by atoms with van der Waals surface area (Å²) in [7, 11) is 4.07. The topological polar surface area (TPSA) is 154 Å². The Balaban J connectivity index is 0.000000812. The minimum absolute atomic E-state index is 0.0243. The summed E-state index contributed by atoms with van der Waals surface area (Å²) >= 11 is 0. The van der Waals surface area contributed by atoms with E-state index in [1.54, 1.807) is 0 Å². The molecule has 0 aliphatic heterocycles. The van der Waals surface area contributed by atoms with Gasteiger partial charge in [-0.1, -0.05) is 26.0 Å². The van der Waals surface area contributed by atoms with E-state index in [4.69, 9.17) is 0 Å². The molecule has 0 spiro atoms. The Morgan fingerprint density at radius 3 is 1.13 bits per heavy atom. The van der Waals surface area contributed by atoms with Gasteiger partial charge in [0.25, 0.3) is 21.7 Å². The standard InChI is InChI=1S/C17H31N3O2.C12H20N2O2.C10H19N3.C8H19N/c1-16(2,3)18-12-13(15(22)14(12)21)20(17(4,5)6)11-9-10-19(7)8;1-11(2,3)13-7-8(10(16)9(7)15)14-12(4,5)6;1-9(2,3)8-7-13(12-11-8)10(4,5)6;1-7(2,3)9-8(4,5)6/h18H,9-11H2,1-8H3;13-14H,1-6H3;7H,1-6H3;9H,1-6H3. The van der Waals surface area contributed by atoms with Gasteiger partial charge in [-0.2, -0.15) is 0 Å². The molecule has 0 aliphatic rings. The maximum absolute atomic E-state index is 12.1. The molecule has 0 radical (unpaired) electrons. The minimum Gasteiger partial charge on any atom is -0.375 e. The molecule has 0 aliphatic carbocycles. The Morgan fingerprint density at radius 2 is 0.883 bits per heavy atom. The molecule has 13 nitrogen and oxygen atoms in total. The zero-order valence-corrected chi connectivity index (χ0v) is 43.1. The van der Waals surface area contributed by atoms with Crippen LogP contribution in [-0.4, -0.2) is 80.3 Å². The number of hydrogen-bond donors (Lipinski definition) is 4. The van der Waals surface area contributed by atoms with Crippen LogP contribution in [0.25, 0.3) is 0 Å². The Kier molecular flexibility index (Phi) is 18.9. The second-order valence-electron chi connectivity index (χ2n) is 24.5. The lowest BCUT2D eigenvalue weighted by Crippen LogP contribution is -2.52. The van der Waals surface area contributed by atoms with E-state index in [0.29, 0.717) is 22.7 Å². The highest BCUT2D eigenvalue weighted by molar-refractivity contribution is 5.77. The quantitative estimate of drug-likeness (QED) is 0.162. The molecular weight excluding hydrogens is 755 g/mol. The highest BCUT2D eigenvalue weighted by Crippen LogP contribution is 2.30. The Labute approximate surface area is 364 Å². The molecule has 1 aromatic heterocycles. The first-order valence-corrected chi connectivity index (χ1v) is 21.4. The fourth-order valence-electron chi connectivity index (χ4n) is 5.90. The Hall–Kier alpha value is -3.58. The number of anilines is 4. The van der Waals surface area contributed by atoms with Gasteiger partial charge in [0.1, 0.15) is 22.7 Å². The van der Waals surface area contributed by atoms with E-state index in [0.717, 1.165) is 25.2 Å². The van der Waals surface area contributed by atoms with Crippen LogP contribution in [0.15, 0.2) is 25.4 Å². The van der Waals surface area contributed by atoms with Gasteiger partial charge in [0.05, 0.1) is 11.2 Å². The third-order valence-corrected chi connectivity index (χ3v) is 8.06. The summed E-state index contributed by atoms with van der Waals surface area (Å²) in [6.45, 7) is 51.4. The van der Waals surface area contributed by atoms with Crippen LogP contribution in [0.4, 0.5) is 22.7 Å². The number of hydrogen-bond acceptors (Lipinski definition) is 12. The summed E-state index contributed by atoms with van der Waals surface area (Å²) in [4.78, 5) is 51.1. The van der Waals surface area contributed by atoms with Crippen LogP contribution >= 0.6 is 0 Å². The predicted octanol–water partition coefficient (Wildman–Crippen LogP) is 8.26. The zero-order chi connectivity index (χ0) is 48.0. The second kappa shape index (κ2) is 20.1. The molecule has 0 saturated heterocycles. The summed E-state index contributed by atoms with van der Waals surface area (Å²) in [6, 6.07) is 0. The molecular formula is C47H89N9O4. The lowest BCUT2D eigenvalue weighted by molar-refractivity contribution is 0.303. The normalized spacial score (nSPS) is 13.2. The van der Waals surface area contributed by atoms with E-state index in [9.17, 15) is 19.2 Å². The molecule has 3 rings (SSSR count). The summed E-state index contributed by atoms with van der Waals surface area (Å²) in [5.74, 6) is 0. The molecule has 3 aromatic rings. The summed E-state index contributed by atoms with van der Waals surface area (Å²) in [5, 5.41) is 21.1. The molecule has 60 heavy (non-hydrogen) atoms. The van der Waals surface area contributed by atoms with Crippen molar-refractivity contribution < 1.29 is 0 Å². The molecule has 0 atom stereocenters. The molecule has 0 unspecified atom stereocenters. The molecule has 346 valence electrons. The van der Waals surface area contributed by atoms with E-state index in [1.807, 2.05) is 87.3 Å². The van der Waals surface area contributed by atoms with E-state index >= 15 is 0 Å². The van der Waals surface area contributed by atoms with Gasteiger partial charge in [-0.15, -0.1) is 5.10 Å². The molecule has 13 heteroatoms. The molecule has 0 saturated carbocycles. The van der Waals surface area contributed by atoms with Gasteiger partial charge >= 0.3 is 0 Å². The SMILES string of the molecule is CC(C)(C)NC(C)(C)C.CC(C)(C)Nc1c(NC(C)(C)C)c(=O)c1=O.CC(C)(C)c1cn(C(C)(C)C)nn1.CN(C)CCCN(c1c(NC(C)(C)C)c(=O)c1=O)C(C)(C)C. The Bertz CT molecular complexity index is 1830. The van der Waals surface area contributed by atoms with E-state index in [2.05, 4.69) is 145 Å². The third-order valence-electron chi connectivity index (χ3n) is 8.06. The van der Waals surface area contributed by atoms with Gasteiger partial charge < -0.3 is 31.1 Å². The van der Waals surface area contributed by atoms with Crippen molar-refractivity contribution in [3.05, 3.63) is 52.8 Å². The fraction of sp³-hybridized carbons (Fsp3) is 0.787. The van der Waals surface area contributed by atoms with Crippen LogP contribution in [0.5, 0.6) is 0 Å². The van der Waals surface area contributed by atoms with Crippen molar-refractivity contribution in [2.75, 3.05) is 48.0 Å². The average molecular weight is 844 g/mol. The summed E-state index contributed by atoms with van der Waals surface area (Å²) in [5.41, 5.74) is 0.934. The molecule has 0 bridgehead atoms. The van der Waals surface area contributed by atoms with Crippen molar-refractivity contribution in [1.82, 2.24) is 25.2 Å². The van der Waals surface area contributed by atoms with Crippen molar-refractivity contribution in [2.24, 2.45) is 0 Å². The van der Waals surface area contributed by atoms with Crippen LogP contribution in [0.1, 0.15) is 178 Å². The highest BCUT2D eigenvalue weighted by atomic mass is 16.2. The van der Waals surface area contributed by atoms with Crippen molar-refractivity contribution in [1.29, 1.82) is 0 Å². The molecule has 4 N–H and O–H groups in total. The van der Waals surface area contributed by atoms with Gasteiger partial charge in [-0.25, -0.2) is 4.68 Å². The van der Waals surface area contributed by atoms with Crippen LogP contribution in [0.3, 0.4) is 0 Å². The molecule has 0 amide bonds. The minimum atomic E-state index is -0.429. The molecule has 2 aromatic carbocycles. The summed E-state index contributed by atoms with van der Waals surface area (Å²) in [6.07, 6.45) is 2.97. The van der Waals surface area contributed by atoms with E-state index in [-0.39, 0.29) is 49.6 Å². The first-order chi connectivity index (χ1) is 26.3. The van der Waals surface area contributed by atoms with Crippen molar-refractivity contribution in [3.63, 3.8) is 0 Å². The highest BCUT2D eigenvalue weighted by Gasteiger charge is 2.33. The average Bonchev–Trinajstić information content (AvgIpc) is 3.51. The molecule has 1 heterocycles. The second-order valence-corrected chi connectivity index (χ2v) is 24.5. The zero-order valence-electron chi connectivity index (χ0n) is 43.1. The number of rotatable bonds is 8. The first kappa shape index (κ1) is 56.4. The molecule has 0 fully saturated rings. The van der Waals surface area contributed by atoms with Crippen LogP contribution in [0, 0.1) is 0 Å². The van der Waals surface area contributed by atoms with Gasteiger partial charge in [0, 0.05) is 51.4 Å². The van der Waals surface area contributed by atoms with Crippen molar-refractivity contribution in [3.8, 4) is 0 Å².